The maximum atomic E-state index is 13.4. The van der Waals surface area contributed by atoms with E-state index in [4.69, 9.17) is 18.9 Å². The Hall–Kier alpha value is -3.61. The van der Waals surface area contributed by atoms with E-state index in [1.807, 2.05) is 6.08 Å². The number of allylic oxidation sites excluding steroid dienone is 19. The largest absolute Gasteiger partial charge is 0.394 e. The first-order valence-corrected chi connectivity index (χ1v) is 41.8. The van der Waals surface area contributed by atoms with Crippen LogP contribution in [0.25, 0.3) is 0 Å². The van der Waals surface area contributed by atoms with Gasteiger partial charge in [-0.15, -0.1) is 0 Å². The lowest BCUT2D eigenvalue weighted by Gasteiger charge is -2.46. The number of nitrogens with one attached hydrogen (secondary N) is 1. The molecule has 1 amide bonds. The Morgan fingerprint density at radius 3 is 1.08 bits per heavy atom. The lowest BCUT2D eigenvalue weighted by molar-refractivity contribution is -0.359. The topological polar surface area (TPSA) is 228 Å². The molecule has 0 aromatic rings. The minimum absolute atomic E-state index is 0.248. The Bertz CT molecular complexity index is 2180. The van der Waals surface area contributed by atoms with Crippen molar-refractivity contribution in [1.29, 1.82) is 0 Å². The number of hydrogen-bond acceptors (Lipinski definition) is 13. The number of hydrogen-bond donors (Lipinski definition) is 9. The van der Waals surface area contributed by atoms with Crippen molar-refractivity contribution in [2.75, 3.05) is 19.8 Å². The summed E-state index contributed by atoms with van der Waals surface area (Å²) in [6.07, 6.45) is 87.1. The summed E-state index contributed by atoms with van der Waals surface area (Å²) < 4.78 is 22.9. The molecule has 0 spiro atoms. The van der Waals surface area contributed by atoms with Crippen LogP contribution >= 0.6 is 0 Å². The van der Waals surface area contributed by atoms with Gasteiger partial charge in [0.15, 0.2) is 12.6 Å². The van der Waals surface area contributed by atoms with E-state index in [1.165, 1.54) is 218 Å². The van der Waals surface area contributed by atoms with Gasteiger partial charge in [-0.25, -0.2) is 0 Å². The molecule has 14 heteroatoms. The van der Waals surface area contributed by atoms with Crippen LogP contribution in [0.5, 0.6) is 0 Å². The van der Waals surface area contributed by atoms with Gasteiger partial charge in [-0.2, -0.15) is 0 Å². The number of ether oxygens (including phenoxy) is 4. The Balaban J connectivity index is 1.60. The van der Waals surface area contributed by atoms with Crippen LogP contribution in [0.1, 0.15) is 335 Å². The van der Waals surface area contributed by atoms with E-state index in [0.29, 0.717) is 12.8 Å². The smallest absolute Gasteiger partial charge is 0.220 e. The predicted molar refractivity (Wildman–Crippen MR) is 424 cm³/mol. The summed E-state index contributed by atoms with van der Waals surface area (Å²) in [5.74, 6) is -0.248. The van der Waals surface area contributed by atoms with E-state index < -0.39 is 86.8 Å². The van der Waals surface area contributed by atoms with Crippen LogP contribution in [0.15, 0.2) is 122 Å². The van der Waals surface area contributed by atoms with Gasteiger partial charge in [0.1, 0.15) is 48.8 Å². The Morgan fingerprint density at radius 2 is 0.686 bits per heavy atom. The summed E-state index contributed by atoms with van der Waals surface area (Å²) in [5.41, 5.74) is 0. The average Bonchev–Trinajstić information content (AvgIpc) is 0.790. The molecule has 14 nitrogen and oxygen atoms in total. The highest BCUT2D eigenvalue weighted by Gasteiger charge is 2.51. The molecule has 0 aliphatic carbocycles. The van der Waals surface area contributed by atoms with Crippen LogP contribution in [0.3, 0.4) is 0 Å². The summed E-state index contributed by atoms with van der Waals surface area (Å²) in [7, 11) is 0. The third kappa shape index (κ3) is 52.4. The molecule has 0 bridgehead atoms. The van der Waals surface area contributed by atoms with Gasteiger partial charge in [0.05, 0.1) is 32.0 Å². The van der Waals surface area contributed by atoms with E-state index >= 15 is 0 Å². The first-order chi connectivity index (χ1) is 50.1. The van der Waals surface area contributed by atoms with Gasteiger partial charge in [-0.05, 0) is 96.3 Å². The molecule has 588 valence electrons. The van der Waals surface area contributed by atoms with E-state index in [-0.39, 0.29) is 18.9 Å². The second-order valence-corrected chi connectivity index (χ2v) is 28.9. The summed E-state index contributed by atoms with van der Waals surface area (Å²) in [5, 5.41) is 87.7. The SMILES string of the molecule is CC/C=C\C/C=C\C/C=C\C/C=C\C/C=C\C/C=C\C/C=C\C/C=C\CCCCCCCCCCCCCCCCCCC(=O)NC(COC1OC(CO)C(OC2OC(CO)C(O)C(O)C2O)C(O)C1O)C(O)/C=C/CC/C=C/CCCCCCCCCCCCCCCCCCCCCCC. The summed E-state index contributed by atoms with van der Waals surface area (Å²) >= 11 is 0. The molecule has 12 unspecified atom stereocenters. The van der Waals surface area contributed by atoms with Crippen molar-refractivity contribution >= 4 is 5.91 Å². The Labute approximate surface area is 622 Å². The fourth-order valence-electron chi connectivity index (χ4n) is 13.1. The fraction of sp³-hybridized carbons (Fsp3) is 0.761. The third-order valence-corrected chi connectivity index (χ3v) is 19.6. The molecule has 0 aromatic carbocycles. The zero-order valence-electron chi connectivity index (χ0n) is 64.6. The highest BCUT2D eigenvalue weighted by Crippen LogP contribution is 2.30. The van der Waals surface area contributed by atoms with E-state index in [0.717, 1.165) is 83.5 Å². The van der Waals surface area contributed by atoms with Crippen molar-refractivity contribution < 1.29 is 64.6 Å². The summed E-state index contributed by atoms with van der Waals surface area (Å²) in [4.78, 5) is 13.4. The molecule has 0 aromatic heterocycles. The number of unbranched alkanes of at least 4 members (excludes halogenated alkanes) is 38. The molecule has 2 fully saturated rings. The fourth-order valence-corrected chi connectivity index (χ4v) is 13.1. The van der Waals surface area contributed by atoms with E-state index in [1.54, 1.807) is 6.08 Å². The number of rotatable bonds is 69. The molecule has 0 radical (unpaired) electrons. The van der Waals surface area contributed by atoms with Crippen molar-refractivity contribution in [3.8, 4) is 0 Å². The molecule has 0 saturated carbocycles. The van der Waals surface area contributed by atoms with Gasteiger partial charge in [-0.1, -0.05) is 354 Å². The van der Waals surface area contributed by atoms with Gasteiger partial charge in [0, 0.05) is 6.42 Å². The summed E-state index contributed by atoms with van der Waals surface area (Å²) in [6, 6.07) is -0.939. The molecule has 2 rings (SSSR count). The van der Waals surface area contributed by atoms with Crippen molar-refractivity contribution in [1.82, 2.24) is 5.32 Å². The van der Waals surface area contributed by atoms with Gasteiger partial charge in [0.25, 0.3) is 0 Å². The zero-order chi connectivity index (χ0) is 73.7. The molecule has 2 aliphatic rings. The number of aliphatic hydroxyl groups excluding tert-OH is 8. The predicted octanol–water partition coefficient (Wildman–Crippen LogP) is 19.6. The first kappa shape index (κ1) is 94.5. The molecule has 2 aliphatic heterocycles. The van der Waals surface area contributed by atoms with Crippen LogP contribution in [-0.4, -0.2) is 140 Å². The van der Waals surface area contributed by atoms with Gasteiger partial charge in [0.2, 0.25) is 5.91 Å². The molecule has 2 saturated heterocycles. The lowest BCUT2D eigenvalue weighted by Crippen LogP contribution is -2.65. The van der Waals surface area contributed by atoms with Crippen molar-refractivity contribution in [3.05, 3.63) is 122 Å². The van der Waals surface area contributed by atoms with E-state index in [9.17, 15) is 45.6 Å². The standard InChI is InChI=1S/C88H153NO13/c1-3-5-7-9-11-13-15-17-19-21-23-25-27-29-31-32-33-34-35-36-37-38-39-40-41-42-43-44-46-48-50-52-54-56-58-60-62-64-66-68-70-72-80(93)89-76(75-99-87-85(98)83(96)86(79(74-91)101-87)102-88-84(97)82(95)81(94)78(73-90)100-88)77(92)71-69-67-65-63-61-59-57-55-53-51-49-47-45-30-28-26-24-22-20-18-16-14-12-10-8-6-4-2/h5,7,11,13,17,19,23,25,29,31,33-34,36-37,39-40,61,63,69,71,76-79,81-88,90-92,94-98H,3-4,6,8-10,12,14-16,18,20-22,24,26-28,30,32,35,38,41-60,62,64-68,70,72-75H2,1-2H3,(H,89,93)/b7-5-,13-11-,19-17-,25-23-,31-29-,34-33-,37-36-,40-39-,63-61+,71-69+. The lowest BCUT2D eigenvalue weighted by atomic mass is 9.97. The van der Waals surface area contributed by atoms with Crippen LogP contribution in [0.4, 0.5) is 0 Å². The molecule has 102 heavy (non-hydrogen) atoms. The number of carbonyl (C=O) groups excluding carboxylic acids is 1. The Morgan fingerprint density at radius 1 is 0.363 bits per heavy atom. The Kier molecular flexibility index (Phi) is 65.2. The number of aliphatic hydroxyl groups is 8. The van der Waals surface area contributed by atoms with Crippen LogP contribution in [0.2, 0.25) is 0 Å². The molecule has 12 atom stereocenters. The van der Waals surface area contributed by atoms with Crippen molar-refractivity contribution in [2.24, 2.45) is 0 Å². The maximum absolute atomic E-state index is 13.4. The molecule has 2 heterocycles. The highest BCUT2D eigenvalue weighted by molar-refractivity contribution is 5.76. The minimum Gasteiger partial charge on any atom is -0.394 e. The normalized spacial score (nSPS) is 22.3. The van der Waals surface area contributed by atoms with Gasteiger partial charge < -0.3 is 65.1 Å². The highest BCUT2D eigenvalue weighted by atomic mass is 16.7. The number of amides is 1. The zero-order valence-corrected chi connectivity index (χ0v) is 64.6. The van der Waals surface area contributed by atoms with Crippen molar-refractivity contribution in [3.63, 3.8) is 0 Å². The van der Waals surface area contributed by atoms with Crippen molar-refractivity contribution in [2.45, 2.75) is 408 Å². The second-order valence-electron chi connectivity index (χ2n) is 28.9. The van der Waals surface area contributed by atoms with Crippen LogP contribution < -0.4 is 5.32 Å². The van der Waals surface area contributed by atoms with Gasteiger partial charge in [-0.3, -0.25) is 4.79 Å². The van der Waals surface area contributed by atoms with Gasteiger partial charge >= 0.3 is 0 Å². The minimum atomic E-state index is -1.80. The monoisotopic (exact) mass is 1430 g/mol. The molecular weight excluding hydrogens is 1280 g/mol. The second kappa shape index (κ2) is 70.4. The first-order valence-electron chi connectivity index (χ1n) is 41.8. The van der Waals surface area contributed by atoms with E-state index in [2.05, 4.69) is 129 Å². The average molecular weight is 1430 g/mol. The quantitative estimate of drug-likeness (QED) is 0.0204. The molecular formula is C88H153NO13. The summed E-state index contributed by atoms with van der Waals surface area (Å²) in [6.45, 7) is 2.71. The molecule has 9 N–H and O–H groups in total. The third-order valence-electron chi connectivity index (χ3n) is 19.6. The van der Waals surface area contributed by atoms with Crippen LogP contribution in [0, 0.1) is 0 Å². The number of carbonyl (C=O) groups is 1. The maximum Gasteiger partial charge on any atom is 0.220 e. The van der Waals surface area contributed by atoms with Crippen LogP contribution in [-0.2, 0) is 23.7 Å².